The Labute approximate surface area is 94.6 Å². The number of rotatable bonds is 0. The molecule has 1 heterocycles. The van der Waals surface area contributed by atoms with Crippen LogP contribution in [0.4, 0.5) is 4.79 Å². The minimum Gasteiger partial charge on any atom is -0.465 e. The van der Waals surface area contributed by atoms with Crippen LogP contribution in [0.25, 0.3) is 0 Å². The Morgan fingerprint density at radius 2 is 2.13 bits per heavy atom. The number of carbonyl (C=O) groups excluding carboxylic acids is 1. The number of carbonyl (C=O) groups is 2. The highest BCUT2D eigenvalue weighted by atomic mass is 79.9. The second kappa shape index (κ2) is 3.66. The van der Waals surface area contributed by atoms with Crippen LogP contribution >= 0.6 is 15.9 Å². The molecule has 1 N–H and O–H groups in total. The first-order chi connectivity index (χ1) is 7.08. The number of ketones is 1. The molecule has 1 amide bonds. The number of carboxylic acid groups (broad SMARTS) is 1. The molecule has 1 aliphatic rings. The van der Waals surface area contributed by atoms with Crippen molar-refractivity contribution in [3.8, 4) is 0 Å². The summed E-state index contributed by atoms with van der Waals surface area (Å²) in [6, 6.07) is 5.29. The molecule has 0 unspecified atom stereocenters. The zero-order valence-electron chi connectivity index (χ0n) is 7.74. The van der Waals surface area contributed by atoms with Crippen molar-refractivity contribution in [2.24, 2.45) is 0 Å². The molecule has 0 saturated carbocycles. The summed E-state index contributed by atoms with van der Waals surface area (Å²) in [5, 5.41) is 8.81. The quantitative estimate of drug-likeness (QED) is 0.785. The minimum absolute atomic E-state index is 0.0516. The van der Waals surface area contributed by atoms with Crippen molar-refractivity contribution in [2.75, 3.05) is 6.54 Å². The first-order valence-corrected chi connectivity index (χ1v) is 5.17. The maximum atomic E-state index is 11.6. The summed E-state index contributed by atoms with van der Waals surface area (Å²) in [5.74, 6) is -0.147. The molecule has 4 nitrogen and oxygen atoms in total. The van der Waals surface area contributed by atoms with E-state index in [0.29, 0.717) is 5.56 Å². The van der Waals surface area contributed by atoms with Crippen LogP contribution in [0, 0.1) is 0 Å². The van der Waals surface area contributed by atoms with Gasteiger partial charge in [0, 0.05) is 10.0 Å². The molecule has 2 rings (SSSR count). The summed E-state index contributed by atoms with van der Waals surface area (Å²) in [7, 11) is 0. The van der Waals surface area contributed by atoms with Gasteiger partial charge in [-0.3, -0.25) is 9.69 Å². The first kappa shape index (κ1) is 10.2. The highest BCUT2D eigenvalue weighted by molar-refractivity contribution is 9.10. The number of nitrogens with zero attached hydrogens (tertiary/aromatic N) is 1. The Balaban J connectivity index is 2.41. The number of benzene rings is 1. The molecule has 0 saturated heterocycles. The molecule has 5 heteroatoms. The third kappa shape index (κ3) is 1.87. The van der Waals surface area contributed by atoms with Crippen molar-refractivity contribution in [3.05, 3.63) is 33.8 Å². The van der Waals surface area contributed by atoms with Crippen molar-refractivity contribution in [2.45, 2.75) is 6.54 Å². The van der Waals surface area contributed by atoms with E-state index in [1.807, 2.05) is 0 Å². The van der Waals surface area contributed by atoms with Crippen molar-refractivity contribution in [1.82, 2.24) is 4.90 Å². The number of fused-ring (bicyclic) bond motifs is 1. The van der Waals surface area contributed by atoms with Crippen LogP contribution in [0.2, 0.25) is 0 Å². The fourth-order valence-corrected chi connectivity index (χ4v) is 2.03. The fourth-order valence-electron chi connectivity index (χ4n) is 1.62. The van der Waals surface area contributed by atoms with Gasteiger partial charge in [0.25, 0.3) is 0 Å². The topological polar surface area (TPSA) is 57.6 Å². The molecule has 0 radical (unpaired) electrons. The van der Waals surface area contributed by atoms with Gasteiger partial charge in [0.1, 0.15) is 0 Å². The van der Waals surface area contributed by atoms with Crippen molar-refractivity contribution >= 4 is 27.8 Å². The molecular formula is C10H8BrNO3. The summed E-state index contributed by atoms with van der Waals surface area (Å²) in [6.45, 7) is 0.222. The van der Waals surface area contributed by atoms with E-state index >= 15 is 0 Å². The van der Waals surface area contributed by atoms with Crippen LogP contribution in [0.15, 0.2) is 22.7 Å². The molecule has 0 fully saturated rings. The summed E-state index contributed by atoms with van der Waals surface area (Å²) in [5.41, 5.74) is 1.37. The highest BCUT2D eigenvalue weighted by Crippen LogP contribution is 2.22. The number of hydrogen-bond acceptors (Lipinski definition) is 2. The van der Waals surface area contributed by atoms with Crippen LogP contribution in [0.1, 0.15) is 15.9 Å². The lowest BCUT2D eigenvalue weighted by atomic mass is 9.99. The van der Waals surface area contributed by atoms with Gasteiger partial charge >= 0.3 is 6.09 Å². The number of amides is 1. The van der Waals surface area contributed by atoms with Gasteiger partial charge in [-0.2, -0.15) is 0 Å². The second-order valence-electron chi connectivity index (χ2n) is 3.36. The van der Waals surface area contributed by atoms with Crippen molar-refractivity contribution in [3.63, 3.8) is 0 Å². The second-order valence-corrected chi connectivity index (χ2v) is 4.28. The lowest BCUT2D eigenvalue weighted by Gasteiger charge is -2.25. The lowest BCUT2D eigenvalue weighted by molar-refractivity contribution is 0.0874. The van der Waals surface area contributed by atoms with E-state index < -0.39 is 6.09 Å². The molecule has 1 aliphatic heterocycles. The Morgan fingerprint density at radius 1 is 1.40 bits per heavy atom. The smallest absolute Gasteiger partial charge is 0.408 e. The van der Waals surface area contributed by atoms with Gasteiger partial charge in [0.15, 0.2) is 5.78 Å². The number of Topliss-reactive ketones (excluding diaryl/α,β-unsaturated/α-hetero) is 1. The SMILES string of the molecule is O=C1CN(C(=O)O)Cc2cc(Br)ccc21. The van der Waals surface area contributed by atoms with Gasteiger partial charge in [0.2, 0.25) is 0 Å². The monoisotopic (exact) mass is 269 g/mol. The van der Waals surface area contributed by atoms with Crippen molar-refractivity contribution in [1.29, 1.82) is 0 Å². The summed E-state index contributed by atoms with van der Waals surface area (Å²) >= 11 is 3.29. The van der Waals surface area contributed by atoms with Gasteiger partial charge in [-0.1, -0.05) is 15.9 Å². The molecule has 0 spiro atoms. The number of halogens is 1. The molecule has 0 aliphatic carbocycles. The summed E-state index contributed by atoms with van der Waals surface area (Å²) in [6.07, 6.45) is -1.06. The molecule has 0 atom stereocenters. The van der Waals surface area contributed by atoms with E-state index in [1.165, 1.54) is 0 Å². The van der Waals surface area contributed by atoms with Gasteiger partial charge in [-0.25, -0.2) is 4.79 Å². The predicted octanol–water partition coefficient (Wildman–Crippen LogP) is 2.13. The maximum absolute atomic E-state index is 11.6. The predicted molar refractivity (Wildman–Crippen MR) is 56.9 cm³/mol. The van der Waals surface area contributed by atoms with Crippen LogP contribution in [0.5, 0.6) is 0 Å². The molecule has 78 valence electrons. The third-order valence-corrected chi connectivity index (χ3v) is 2.83. The zero-order valence-corrected chi connectivity index (χ0v) is 9.32. The van der Waals surface area contributed by atoms with Crippen molar-refractivity contribution < 1.29 is 14.7 Å². The lowest BCUT2D eigenvalue weighted by Crippen LogP contribution is -2.38. The molecule has 15 heavy (non-hydrogen) atoms. The van der Waals surface area contributed by atoms with E-state index in [0.717, 1.165) is 14.9 Å². The van der Waals surface area contributed by atoms with E-state index in [2.05, 4.69) is 15.9 Å². The Bertz CT molecular complexity index is 444. The van der Waals surface area contributed by atoms with E-state index in [9.17, 15) is 9.59 Å². The Morgan fingerprint density at radius 3 is 2.80 bits per heavy atom. The first-order valence-electron chi connectivity index (χ1n) is 4.37. The summed E-state index contributed by atoms with van der Waals surface area (Å²) in [4.78, 5) is 23.5. The number of hydrogen-bond donors (Lipinski definition) is 1. The van der Waals surface area contributed by atoms with E-state index in [4.69, 9.17) is 5.11 Å². The van der Waals surface area contributed by atoms with Gasteiger partial charge in [0.05, 0.1) is 13.1 Å². The van der Waals surface area contributed by atoms with Gasteiger partial charge in [-0.05, 0) is 23.8 Å². The molecule has 0 bridgehead atoms. The maximum Gasteiger partial charge on any atom is 0.408 e. The van der Waals surface area contributed by atoms with E-state index in [-0.39, 0.29) is 18.9 Å². The van der Waals surface area contributed by atoms with Gasteiger partial charge < -0.3 is 5.11 Å². The van der Waals surface area contributed by atoms with E-state index in [1.54, 1.807) is 18.2 Å². The molecule has 1 aromatic rings. The highest BCUT2D eigenvalue weighted by Gasteiger charge is 2.25. The zero-order chi connectivity index (χ0) is 11.0. The van der Waals surface area contributed by atoms with Crippen LogP contribution < -0.4 is 0 Å². The largest absolute Gasteiger partial charge is 0.465 e. The van der Waals surface area contributed by atoms with Crippen LogP contribution in [-0.2, 0) is 6.54 Å². The fraction of sp³-hybridized carbons (Fsp3) is 0.200. The Hall–Kier alpha value is -1.36. The average molecular weight is 270 g/mol. The van der Waals surface area contributed by atoms with Crippen LogP contribution in [-0.4, -0.2) is 28.4 Å². The molecular weight excluding hydrogens is 262 g/mol. The van der Waals surface area contributed by atoms with Crippen LogP contribution in [0.3, 0.4) is 0 Å². The average Bonchev–Trinajstić information content (AvgIpc) is 2.16. The molecule has 0 aromatic heterocycles. The normalized spacial score (nSPS) is 15.0. The Kier molecular flexibility index (Phi) is 2.48. The molecule has 1 aromatic carbocycles. The minimum atomic E-state index is -1.06. The third-order valence-electron chi connectivity index (χ3n) is 2.33. The van der Waals surface area contributed by atoms with Gasteiger partial charge in [-0.15, -0.1) is 0 Å². The summed E-state index contributed by atoms with van der Waals surface area (Å²) < 4.78 is 0.848. The standard InChI is InChI=1S/C10H8BrNO3/c11-7-1-2-8-6(3-7)4-12(10(14)15)5-9(8)13/h1-3H,4-5H2,(H,14,15).